The summed E-state index contributed by atoms with van der Waals surface area (Å²) in [5, 5.41) is 3.27. The highest BCUT2D eigenvalue weighted by molar-refractivity contribution is 7.92. The second-order valence-corrected chi connectivity index (χ2v) is 6.55. The fraction of sp³-hybridized carbons (Fsp3) is 0.267. The Hall–Kier alpha value is -2.08. The van der Waals surface area contributed by atoms with Crippen molar-refractivity contribution in [2.75, 3.05) is 15.8 Å². The summed E-state index contributed by atoms with van der Waals surface area (Å²) in [6.07, 6.45) is 4.10. The SMILES string of the molecule is CCCS(=O)(=O)Nc1ccc(NCc2ccncc2)cc1. The quantitative estimate of drug-likeness (QED) is 0.825. The van der Waals surface area contributed by atoms with Gasteiger partial charge in [-0.3, -0.25) is 9.71 Å². The number of hydrogen-bond donors (Lipinski definition) is 2. The minimum absolute atomic E-state index is 0.134. The normalized spacial score (nSPS) is 11.1. The molecule has 21 heavy (non-hydrogen) atoms. The first kappa shape index (κ1) is 15.3. The predicted molar refractivity (Wildman–Crippen MR) is 85.7 cm³/mol. The molecule has 0 spiro atoms. The second-order valence-electron chi connectivity index (χ2n) is 4.71. The van der Waals surface area contributed by atoms with Crippen molar-refractivity contribution >= 4 is 21.4 Å². The van der Waals surface area contributed by atoms with Crippen LogP contribution < -0.4 is 10.0 Å². The third-order valence-electron chi connectivity index (χ3n) is 2.88. The van der Waals surface area contributed by atoms with Crippen LogP contribution in [0.4, 0.5) is 11.4 Å². The van der Waals surface area contributed by atoms with E-state index in [2.05, 4.69) is 15.0 Å². The molecule has 2 rings (SSSR count). The summed E-state index contributed by atoms with van der Waals surface area (Å²) in [6, 6.07) is 11.1. The van der Waals surface area contributed by atoms with Crippen LogP contribution in [0.15, 0.2) is 48.8 Å². The molecule has 0 bridgehead atoms. The number of nitrogens with one attached hydrogen (secondary N) is 2. The van der Waals surface area contributed by atoms with Crippen molar-refractivity contribution in [3.63, 3.8) is 0 Å². The first-order chi connectivity index (χ1) is 10.1. The van der Waals surface area contributed by atoms with Crippen LogP contribution in [0.3, 0.4) is 0 Å². The lowest BCUT2D eigenvalue weighted by molar-refractivity contribution is 0.600. The van der Waals surface area contributed by atoms with Gasteiger partial charge in [0.2, 0.25) is 10.0 Å². The molecule has 1 aromatic carbocycles. The Labute approximate surface area is 125 Å². The number of pyridine rings is 1. The van der Waals surface area contributed by atoms with Crippen molar-refractivity contribution < 1.29 is 8.42 Å². The van der Waals surface area contributed by atoms with E-state index in [9.17, 15) is 8.42 Å². The van der Waals surface area contributed by atoms with E-state index < -0.39 is 10.0 Å². The summed E-state index contributed by atoms with van der Waals surface area (Å²) in [7, 11) is -3.23. The highest BCUT2D eigenvalue weighted by Gasteiger charge is 2.08. The number of rotatable bonds is 7. The van der Waals surface area contributed by atoms with Crippen LogP contribution in [0.1, 0.15) is 18.9 Å². The lowest BCUT2D eigenvalue weighted by Gasteiger charge is -2.09. The van der Waals surface area contributed by atoms with Gasteiger partial charge in [0.1, 0.15) is 0 Å². The van der Waals surface area contributed by atoms with Crippen LogP contribution in [0, 0.1) is 0 Å². The number of anilines is 2. The molecule has 1 heterocycles. The third-order valence-corrected chi connectivity index (χ3v) is 4.37. The standard InChI is InChI=1S/C15H19N3O2S/c1-2-11-21(19,20)18-15-5-3-14(4-6-15)17-12-13-7-9-16-10-8-13/h3-10,17-18H,2,11-12H2,1H3. The van der Waals surface area contributed by atoms with Crippen LogP contribution in [-0.2, 0) is 16.6 Å². The van der Waals surface area contributed by atoms with Crippen molar-refractivity contribution in [3.05, 3.63) is 54.4 Å². The van der Waals surface area contributed by atoms with Gasteiger partial charge in [-0.05, 0) is 48.4 Å². The predicted octanol–water partition coefficient (Wildman–Crippen LogP) is 2.85. The van der Waals surface area contributed by atoms with Crippen molar-refractivity contribution in [2.45, 2.75) is 19.9 Å². The zero-order valence-electron chi connectivity index (χ0n) is 11.9. The number of hydrogen-bond acceptors (Lipinski definition) is 4. The molecule has 0 aliphatic heterocycles. The largest absolute Gasteiger partial charge is 0.381 e. The smallest absolute Gasteiger partial charge is 0.232 e. The average Bonchev–Trinajstić information content (AvgIpc) is 2.47. The zero-order chi connectivity index (χ0) is 15.1. The van der Waals surface area contributed by atoms with Crippen molar-refractivity contribution in [1.82, 2.24) is 4.98 Å². The highest BCUT2D eigenvalue weighted by Crippen LogP contribution is 2.16. The van der Waals surface area contributed by atoms with E-state index in [1.54, 1.807) is 24.5 Å². The minimum Gasteiger partial charge on any atom is -0.381 e. The van der Waals surface area contributed by atoms with E-state index in [0.717, 1.165) is 11.3 Å². The van der Waals surface area contributed by atoms with E-state index >= 15 is 0 Å². The fourth-order valence-corrected chi connectivity index (χ4v) is 2.99. The number of nitrogens with zero attached hydrogens (tertiary/aromatic N) is 1. The Morgan fingerprint density at radius 3 is 2.24 bits per heavy atom. The zero-order valence-corrected chi connectivity index (χ0v) is 12.7. The topological polar surface area (TPSA) is 71.1 Å². The summed E-state index contributed by atoms with van der Waals surface area (Å²) in [6.45, 7) is 2.54. The Morgan fingerprint density at radius 2 is 1.62 bits per heavy atom. The molecule has 0 aliphatic carbocycles. The first-order valence-electron chi connectivity index (χ1n) is 6.82. The van der Waals surface area contributed by atoms with Crippen LogP contribution in [0.5, 0.6) is 0 Å². The summed E-state index contributed by atoms with van der Waals surface area (Å²) in [5.74, 6) is 0.134. The van der Waals surface area contributed by atoms with Crippen molar-refractivity contribution in [1.29, 1.82) is 0 Å². The molecule has 0 saturated heterocycles. The van der Waals surface area contributed by atoms with Gasteiger partial charge in [-0.1, -0.05) is 6.92 Å². The minimum atomic E-state index is -3.23. The van der Waals surface area contributed by atoms with Crippen molar-refractivity contribution in [2.24, 2.45) is 0 Å². The first-order valence-corrected chi connectivity index (χ1v) is 8.47. The van der Waals surface area contributed by atoms with Crippen molar-refractivity contribution in [3.8, 4) is 0 Å². The summed E-state index contributed by atoms with van der Waals surface area (Å²) < 4.78 is 25.9. The summed E-state index contributed by atoms with van der Waals surface area (Å²) >= 11 is 0. The molecule has 0 amide bonds. The molecule has 0 fully saturated rings. The second kappa shape index (κ2) is 7.08. The average molecular weight is 305 g/mol. The summed E-state index contributed by atoms with van der Waals surface area (Å²) in [4.78, 5) is 3.97. The van der Waals surface area contributed by atoms with Gasteiger partial charge in [-0.2, -0.15) is 0 Å². The van der Waals surface area contributed by atoms with Crippen LogP contribution >= 0.6 is 0 Å². The number of aromatic nitrogens is 1. The van der Waals surface area contributed by atoms with Gasteiger partial charge in [0.15, 0.2) is 0 Å². The molecule has 0 aliphatic rings. The molecule has 0 saturated carbocycles. The monoisotopic (exact) mass is 305 g/mol. The Morgan fingerprint density at radius 1 is 1.00 bits per heavy atom. The highest BCUT2D eigenvalue weighted by atomic mass is 32.2. The molecule has 1 aromatic heterocycles. The Balaban J connectivity index is 1.93. The van der Waals surface area contributed by atoms with E-state index in [1.807, 2.05) is 31.2 Å². The maximum absolute atomic E-state index is 11.7. The van der Waals surface area contributed by atoms with E-state index in [1.165, 1.54) is 0 Å². The number of sulfonamides is 1. The van der Waals surface area contributed by atoms with E-state index in [-0.39, 0.29) is 5.75 Å². The third kappa shape index (κ3) is 5.07. The molecule has 0 unspecified atom stereocenters. The van der Waals surface area contributed by atoms with Gasteiger partial charge in [0, 0.05) is 30.3 Å². The molecule has 2 N–H and O–H groups in total. The van der Waals surface area contributed by atoms with Gasteiger partial charge < -0.3 is 5.32 Å². The maximum Gasteiger partial charge on any atom is 0.232 e. The van der Waals surface area contributed by atoms with Gasteiger partial charge in [-0.25, -0.2) is 8.42 Å². The Bertz CT molecular complexity index is 655. The molecular formula is C15H19N3O2S. The van der Waals surface area contributed by atoms with Gasteiger partial charge in [-0.15, -0.1) is 0 Å². The number of benzene rings is 1. The van der Waals surface area contributed by atoms with Gasteiger partial charge in [0.05, 0.1) is 5.75 Å². The van der Waals surface area contributed by atoms with Gasteiger partial charge in [0.25, 0.3) is 0 Å². The molecule has 0 radical (unpaired) electrons. The lowest BCUT2D eigenvalue weighted by Crippen LogP contribution is -2.15. The molecule has 6 heteroatoms. The van der Waals surface area contributed by atoms with E-state index in [4.69, 9.17) is 0 Å². The van der Waals surface area contributed by atoms with E-state index in [0.29, 0.717) is 18.7 Å². The molecule has 0 atom stereocenters. The lowest BCUT2D eigenvalue weighted by atomic mass is 10.2. The maximum atomic E-state index is 11.7. The summed E-state index contributed by atoms with van der Waals surface area (Å²) in [5.41, 5.74) is 2.65. The Kier molecular flexibility index (Phi) is 5.16. The molecular weight excluding hydrogens is 286 g/mol. The molecule has 5 nitrogen and oxygen atoms in total. The van der Waals surface area contributed by atoms with Crippen LogP contribution in [-0.4, -0.2) is 19.2 Å². The molecule has 112 valence electrons. The van der Waals surface area contributed by atoms with Gasteiger partial charge >= 0.3 is 0 Å². The molecule has 2 aromatic rings. The van der Waals surface area contributed by atoms with Crippen LogP contribution in [0.25, 0.3) is 0 Å². The van der Waals surface area contributed by atoms with Crippen LogP contribution in [0.2, 0.25) is 0 Å². The fourth-order valence-electron chi connectivity index (χ4n) is 1.86.